The molecule has 0 saturated carbocycles. The second kappa shape index (κ2) is 8.69. The van der Waals surface area contributed by atoms with Gasteiger partial charge in [0.25, 0.3) is 5.91 Å². The van der Waals surface area contributed by atoms with Crippen molar-refractivity contribution in [3.8, 4) is 0 Å². The molecule has 0 aliphatic carbocycles. The van der Waals surface area contributed by atoms with Gasteiger partial charge in [0.2, 0.25) is 0 Å². The number of fused-ring (bicyclic) bond motifs is 2. The molecule has 1 atom stereocenters. The summed E-state index contributed by atoms with van der Waals surface area (Å²) in [4.78, 5) is 51.6. The number of aromatic nitrogens is 4. The largest absolute Gasteiger partial charge is 0.480 e. The molecule has 2 aromatic heterocycles. The molecule has 0 aliphatic heterocycles. The number of amides is 1. The lowest BCUT2D eigenvalue weighted by molar-refractivity contribution is -0.138. The predicted molar refractivity (Wildman–Crippen MR) is 116 cm³/mol. The van der Waals surface area contributed by atoms with Crippen LogP contribution in [0, 0.1) is 11.6 Å². The topological polar surface area (TPSA) is 170 Å². The van der Waals surface area contributed by atoms with E-state index in [0.29, 0.717) is 12.1 Å². The molecule has 0 bridgehead atoms. The van der Waals surface area contributed by atoms with E-state index >= 15 is 8.78 Å². The van der Waals surface area contributed by atoms with Gasteiger partial charge in [0.1, 0.15) is 6.04 Å². The van der Waals surface area contributed by atoms with Crippen LogP contribution in [0.3, 0.4) is 0 Å². The summed E-state index contributed by atoms with van der Waals surface area (Å²) in [6.07, 6.45) is -1.15. The zero-order valence-electron chi connectivity index (χ0n) is 18.0. The lowest BCUT2D eigenvalue weighted by Gasteiger charge is -2.15. The van der Waals surface area contributed by atoms with E-state index in [2.05, 4.69) is 15.0 Å². The summed E-state index contributed by atoms with van der Waals surface area (Å²) in [5, 5.41) is 11.1. The van der Waals surface area contributed by atoms with Crippen LogP contribution in [-0.2, 0) is 22.3 Å². The van der Waals surface area contributed by atoms with E-state index < -0.39 is 60.9 Å². The van der Waals surface area contributed by atoms with Crippen LogP contribution < -0.4 is 5.32 Å². The van der Waals surface area contributed by atoms with E-state index in [9.17, 15) is 22.9 Å². The molecule has 36 heavy (non-hydrogen) atoms. The first kappa shape index (κ1) is 25.3. The Morgan fingerprint density at radius 1 is 1.14 bits per heavy atom. The number of carbonyl (C=O) groups is 2. The van der Waals surface area contributed by atoms with Crippen LogP contribution in [0.2, 0.25) is 0 Å². The SMILES string of the molecule is Cn1c(C(F)(F)c2nc3cc(F)c(F)cc3[nH]2)nc2ccc(C(=O)NC(CP(=O)(O)O)C(=O)O)cc21. The van der Waals surface area contributed by atoms with Crippen molar-refractivity contribution in [2.75, 3.05) is 6.16 Å². The Kier molecular flexibility index (Phi) is 6.11. The number of carboxylic acid groups (broad SMARTS) is 1. The van der Waals surface area contributed by atoms with Gasteiger partial charge in [-0.05, 0) is 18.2 Å². The molecular weight excluding hydrogens is 513 g/mol. The van der Waals surface area contributed by atoms with Crippen molar-refractivity contribution >= 4 is 41.5 Å². The highest BCUT2D eigenvalue weighted by atomic mass is 31.2. The molecule has 5 N–H and O–H groups in total. The fourth-order valence-corrected chi connectivity index (χ4v) is 4.26. The molecule has 1 unspecified atom stereocenters. The van der Waals surface area contributed by atoms with E-state index in [1.165, 1.54) is 13.1 Å². The normalized spacial score (nSPS) is 13.3. The number of H-pyrrole nitrogens is 1. The monoisotopic (exact) mass is 529 g/mol. The molecule has 1 amide bonds. The van der Waals surface area contributed by atoms with Crippen LogP contribution >= 0.6 is 7.60 Å². The number of aryl methyl sites for hydroxylation is 1. The number of benzene rings is 2. The van der Waals surface area contributed by atoms with Gasteiger partial charge in [-0.25, -0.2) is 23.5 Å². The number of nitrogens with zero attached hydrogens (tertiary/aromatic N) is 3. The number of carboxylic acids is 1. The Hall–Kier alpha value is -3.81. The summed E-state index contributed by atoms with van der Waals surface area (Å²) in [5.41, 5.74) is -0.518. The van der Waals surface area contributed by atoms with Gasteiger partial charge in [-0.1, -0.05) is 0 Å². The Bertz CT molecular complexity index is 1540. The predicted octanol–water partition coefficient (Wildman–Crippen LogP) is 2.23. The van der Waals surface area contributed by atoms with E-state index in [1.807, 2.05) is 5.32 Å². The molecule has 0 fully saturated rings. The third kappa shape index (κ3) is 4.67. The summed E-state index contributed by atoms with van der Waals surface area (Å²) in [5.74, 6) is -10.8. The van der Waals surface area contributed by atoms with E-state index in [0.717, 1.165) is 16.7 Å². The van der Waals surface area contributed by atoms with E-state index in [1.54, 1.807) is 0 Å². The van der Waals surface area contributed by atoms with Gasteiger partial charge < -0.3 is 29.8 Å². The average molecular weight is 529 g/mol. The Morgan fingerprint density at radius 2 is 1.81 bits per heavy atom. The van der Waals surface area contributed by atoms with Crippen LogP contribution in [0.25, 0.3) is 22.1 Å². The number of alkyl halides is 2. The van der Waals surface area contributed by atoms with Crippen LogP contribution in [0.15, 0.2) is 30.3 Å². The van der Waals surface area contributed by atoms with Crippen molar-refractivity contribution in [1.82, 2.24) is 24.8 Å². The summed E-state index contributed by atoms with van der Waals surface area (Å²) >= 11 is 0. The van der Waals surface area contributed by atoms with Crippen LogP contribution in [0.5, 0.6) is 0 Å². The maximum atomic E-state index is 15.3. The molecule has 16 heteroatoms. The third-order valence-corrected chi connectivity index (χ3v) is 6.11. The fourth-order valence-electron chi connectivity index (χ4n) is 3.54. The zero-order chi connectivity index (χ0) is 26.6. The number of nitrogens with one attached hydrogen (secondary N) is 2. The van der Waals surface area contributed by atoms with Gasteiger partial charge in [0.15, 0.2) is 23.3 Å². The van der Waals surface area contributed by atoms with Crippen molar-refractivity contribution in [2.45, 2.75) is 12.0 Å². The first-order valence-electron chi connectivity index (χ1n) is 9.95. The Balaban J connectivity index is 1.69. The van der Waals surface area contributed by atoms with Crippen molar-refractivity contribution < 1.29 is 46.6 Å². The van der Waals surface area contributed by atoms with Gasteiger partial charge in [0.05, 0.1) is 28.2 Å². The maximum Gasteiger partial charge on any atom is 0.361 e. The highest BCUT2D eigenvalue weighted by Crippen LogP contribution is 2.37. The van der Waals surface area contributed by atoms with Gasteiger partial charge in [0, 0.05) is 24.7 Å². The minimum Gasteiger partial charge on any atom is -0.480 e. The number of hydrogen-bond donors (Lipinski definition) is 5. The summed E-state index contributed by atoms with van der Waals surface area (Å²) in [6.45, 7) is 0. The molecule has 0 spiro atoms. The lowest BCUT2D eigenvalue weighted by Crippen LogP contribution is -2.43. The summed E-state index contributed by atoms with van der Waals surface area (Å²) in [7, 11) is -3.56. The zero-order valence-corrected chi connectivity index (χ0v) is 18.9. The van der Waals surface area contributed by atoms with E-state index in [-0.39, 0.29) is 27.6 Å². The smallest absolute Gasteiger partial charge is 0.361 e. The summed E-state index contributed by atoms with van der Waals surface area (Å²) in [6, 6.07) is 2.97. The number of carbonyl (C=O) groups excluding carboxylic acids is 1. The summed E-state index contributed by atoms with van der Waals surface area (Å²) < 4.78 is 69.6. The molecule has 0 aliphatic rings. The number of aromatic amines is 1. The molecule has 0 saturated heterocycles. The molecule has 190 valence electrons. The van der Waals surface area contributed by atoms with Crippen LogP contribution in [0.1, 0.15) is 22.0 Å². The molecule has 4 aromatic rings. The van der Waals surface area contributed by atoms with Crippen molar-refractivity contribution in [3.63, 3.8) is 0 Å². The molecule has 4 rings (SSSR count). The fraction of sp³-hybridized carbons (Fsp3) is 0.200. The highest BCUT2D eigenvalue weighted by Gasteiger charge is 2.42. The Labute approximate surface area is 197 Å². The Morgan fingerprint density at radius 3 is 2.44 bits per heavy atom. The first-order chi connectivity index (χ1) is 16.7. The van der Waals surface area contributed by atoms with E-state index in [4.69, 9.17) is 14.9 Å². The third-order valence-electron chi connectivity index (χ3n) is 5.27. The number of halogens is 4. The van der Waals surface area contributed by atoms with Gasteiger partial charge in [-0.2, -0.15) is 8.78 Å². The quantitative estimate of drug-likeness (QED) is 0.179. The second-order valence-electron chi connectivity index (χ2n) is 7.85. The van der Waals surface area contributed by atoms with Gasteiger partial charge >= 0.3 is 19.5 Å². The minimum atomic E-state index is -4.78. The van der Waals surface area contributed by atoms with Crippen molar-refractivity contribution in [1.29, 1.82) is 0 Å². The number of imidazole rings is 2. The number of aliphatic carboxylic acids is 1. The van der Waals surface area contributed by atoms with Gasteiger partial charge in [-0.15, -0.1) is 0 Å². The van der Waals surface area contributed by atoms with Crippen LogP contribution in [0.4, 0.5) is 17.6 Å². The van der Waals surface area contributed by atoms with Gasteiger partial charge in [-0.3, -0.25) is 9.36 Å². The molecule has 2 aromatic carbocycles. The maximum absolute atomic E-state index is 15.3. The minimum absolute atomic E-state index is 0.0296. The second-order valence-corrected chi connectivity index (χ2v) is 9.55. The van der Waals surface area contributed by atoms with Crippen LogP contribution in [-0.4, -0.2) is 58.5 Å². The standard InChI is InChI=1S/C20H16F4N5O6P/c1-29-15-4-8(16(30)25-14(17(31)32)7-36(33,34)35)2-3-11(15)28-19(29)20(23,24)18-26-12-5-9(21)10(22)6-13(12)27-18/h2-6,14H,7H2,1H3,(H,25,30)(H,26,27)(H,31,32)(H2,33,34,35). The molecular formula is C20H16F4N5O6P. The average Bonchev–Trinajstić information content (AvgIpc) is 3.34. The van der Waals surface area contributed by atoms with Crippen molar-refractivity contribution in [3.05, 3.63) is 59.2 Å². The molecule has 11 nitrogen and oxygen atoms in total. The lowest BCUT2D eigenvalue weighted by atomic mass is 10.1. The molecule has 2 heterocycles. The molecule has 0 radical (unpaired) electrons. The number of rotatable bonds is 7. The van der Waals surface area contributed by atoms with Crippen molar-refractivity contribution in [2.24, 2.45) is 7.05 Å². The first-order valence-corrected chi connectivity index (χ1v) is 11.8. The highest BCUT2D eigenvalue weighted by molar-refractivity contribution is 7.51. The number of hydrogen-bond acceptors (Lipinski definition) is 5.